The highest BCUT2D eigenvalue weighted by molar-refractivity contribution is 5.98. The van der Waals surface area contributed by atoms with Gasteiger partial charge in [0.2, 0.25) is 5.91 Å². The van der Waals surface area contributed by atoms with E-state index in [1.165, 1.54) is 11.0 Å². The molecule has 1 fully saturated rings. The van der Waals surface area contributed by atoms with E-state index in [0.717, 1.165) is 12.1 Å². The first-order chi connectivity index (χ1) is 13.1. The van der Waals surface area contributed by atoms with Crippen molar-refractivity contribution in [1.82, 2.24) is 5.32 Å². The number of benzene rings is 1. The fraction of sp³-hybridized carbons (Fsp3) is 0.556. The zero-order valence-electron chi connectivity index (χ0n) is 15.7. The first-order valence-electron chi connectivity index (χ1n) is 8.91. The Morgan fingerprint density at radius 2 is 2.07 bits per heavy atom. The number of ether oxygens (including phenoxy) is 1. The number of carbonyl (C=O) groups excluding carboxylic acids is 2. The van der Waals surface area contributed by atoms with Crippen LogP contribution in [0.25, 0.3) is 5.73 Å². The summed E-state index contributed by atoms with van der Waals surface area (Å²) in [6, 6.07) is 2.40. The number of hydrogen-bond donors (Lipinski definition) is 2. The Labute approximate surface area is 161 Å². The molecule has 1 aromatic carbocycles. The van der Waals surface area contributed by atoms with Crippen molar-refractivity contribution < 1.29 is 27.5 Å². The van der Waals surface area contributed by atoms with E-state index < -0.39 is 35.3 Å². The second kappa shape index (κ2) is 9.35. The van der Waals surface area contributed by atoms with E-state index in [2.05, 4.69) is 10.6 Å². The van der Waals surface area contributed by atoms with Crippen molar-refractivity contribution >= 4 is 23.2 Å². The Kier molecular flexibility index (Phi) is 7.39. The lowest BCUT2D eigenvalue weighted by atomic mass is 10.1. The first kappa shape index (κ1) is 22.1. The highest BCUT2D eigenvalue weighted by Crippen LogP contribution is 2.37. The van der Waals surface area contributed by atoms with Gasteiger partial charge < -0.3 is 26.0 Å². The monoisotopic (exact) mass is 401 g/mol. The van der Waals surface area contributed by atoms with Crippen LogP contribution in [0.4, 0.5) is 24.5 Å². The minimum absolute atomic E-state index is 0.0913. The van der Waals surface area contributed by atoms with Crippen molar-refractivity contribution in [1.29, 1.82) is 0 Å². The average Bonchev–Trinajstić information content (AvgIpc) is 2.62. The van der Waals surface area contributed by atoms with Crippen molar-refractivity contribution in [3.8, 4) is 0 Å². The van der Waals surface area contributed by atoms with Crippen molar-refractivity contribution in [2.24, 2.45) is 5.92 Å². The molecule has 1 atom stereocenters. The Hall–Kier alpha value is -2.17. The fourth-order valence-corrected chi connectivity index (χ4v) is 2.69. The minimum atomic E-state index is -4.73. The van der Waals surface area contributed by atoms with Gasteiger partial charge in [0.15, 0.2) is 0 Å². The molecule has 1 heterocycles. The molecule has 3 N–H and O–H groups in total. The molecule has 7 nitrogen and oxygen atoms in total. The number of nitrogens with zero attached hydrogens (tertiary/aromatic N) is 1. The number of hydrogen-bond acceptors (Lipinski definition) is 4. The van der Waals surface area contributed by atoms with Crippen LogP contribution < -0.4 is 15.5 Å². The quantitative estimate of drug-likeness (QED) is 0.735. The fourth-order valence-electron chi connectivity index (χ4n) is 2.69. The summed E-state index contributed by atoms with van der Waals surface area (Å²) in [6.45, 7) is 4.19. The number of alkyl halides is 3. The Morgan fingerprint density at radius 3 is 2.64 bits per heavy atom. The maximum absolute atomic E-state index is 13.5. The number of carbonyl (C=O) groups is 2. The van der Waals surface area contributed by atoms with Crippen LogP contribution in [0.2, 0.25) is 0 Å². The Bertz CT molecular complexity index is 710. The van der Waals surface area contributed by atoms with Gasteiger partial charge in [-0.2, -0.15) is 13.2 Å². The van der Waals surface area contributed by atoms with Gasteiger partial charge in [-0.05, 0) is 30.7 Å². The molecule has 0 aliphatic carbocycles. The molecule has 156 valence electrons. The third-order valence-electron chi connectivity index (χ3n) is 4.16. The lowest BCUT2D eigenvalue weighted by molar-refractivity contribution is -0.137. The van der Waals surface area contributed by atoms with Gasteiger partial charge in [-0.15, -0.1) is 6.54 Å². The van der Waals surface area contributed by atoms with Gasteiger partial charge in [0.05, 0.1) is 23.9 Å². The van der Waals surface area contributed by atoms with Crippen LogP contribution in [-0.2, 0) is 20.5 Å². The molecule has 0 radical (unpaired) electrons. The predicted octanol–water partition coefficient (Wildman–Crippen LogP) is 2.67. The normalized spacial score (nSPS) is 16.4. The molecule has 1 aliphatic rings. The summed E-state index contributed by atoms with van der Waals surface area (Å²) >= 11 is 0. The molecule has 0 aromatic heterocycles. The van der Waals surface area contributed by atoms with Gasteiger partial charge in [0.25, 0.3) is 5.91 Å². The summed E-state index contributed by atoms with van der Waals surface area (Å²) in [7, 11) is 0. The van der Waals surface area contributed by atoms with Gasteiger partial charge in [-0.25, -0.2) is 0 Å². The molecule has 1 saturated heterocycles. The van der Waals surface area contributed by atoms with E-state index in [1.807, 2.05) is 13.8 Å². The molecular formula is C18H24F3N4O3-. The second-order valence-corrected chi connectivity index (χ2v) is 6.87. The Morgan fingerprint density at radius 1 is 1.36 bits per heavy atom. The zero-order valence-corrected chi connectivity index (χ0v) is 15.7. The molecule has 28 heavy (non-hydrogen) atoms. The maximum atomic E-state index is 13.5. The van der Waals surface area contributed by atoms with Gasteiger partial charge in [-0.3, -0.25) is 9.59 Å². The third-order valence-corrected chi connectivity index (χ3v) is 4.16. The summed E-state index contributed by atoms with van der Waals surface area (Å²) in [5, 5.41) is 5.13. The van der Waals surface area contributed by atoms with Crippen molar-refractivity contribution in [3.05, 3.63) is 29.5 Å². The third kappa shape index (κ3) is 5.66. The lowest BCUT2D eigenvalue weighted by Gasteiger charge is -2.28. The van der Waals surface area contributed by atoms with Crippen LogP contribution in [0.1, 0.15) is 19.4 Å². The van der Waals surface area contributed by atoms with E-state index >= 15 is 0 Å². The topological polar surface area (TPSA) is 94.5 Å². The molecule has 0 unspecified atom stereocenters. The number of rotatable bonds is 7. The van der Waals surface area contributed by atoms with Gasteiger partial charge in [0.1, 0.15) is 6.61 Å². The lowest BCUT2D eigenvalue weighted by Crippen LogP contribution is -2.44. The van der Waals surface area contributed by atoms with E-state index in [9.17, 15) is 22.8 Å². The summed E-state index contributed by atoms with van der Waals surface area (Å²) in [5.41, 5.74) is 6.10. The van der Waals surface area contributed by atoms with Crippen molar-refractivity contribution in [3.63, 3.8) is 0 Å². The molecule has 1 aromatic rings. The van der Waals surface area contributed by atoms with Crippen LogP contribution in [0.3, 0.4) is 0 Å². The van der Waals surface area contributed by atoms with Crippen LogP contribution in [0.5, 0.6) is 0 Å². The highest BCUT2D eigenvalue weighted by atomic mass is 19.4. The number of halogens is 3. The highest BCUT2D eigenvalue weighted by Gasteiger charge is 2.35. The van der Waals surface area contributed by atoms with E-state index in [-0.39, 0.29) is 37.9 Å². The van der Waals surface area contributed by atoms with Gasteiger partial charge in [0, 0.05) is 12.2 Å². The standard InChI is InChI=1S/C18H24F3N4O3/c1-11(2)9-23-15(8-22)17(27)24-14-4-3-12(7-13(14)18(19,20)21)25-5-6-28-10-16(25)26/h3-4,7,11,15,22-23H,5-6,8-10H2,1-2H3,(H,24,27)/q-1/t15-/m1/s1. The summed E-state index contributed by atoms with van der Waals surface area (Å²) in [6.07, 6.45) is -4.73. The molecule has 0 bridgehead atoms. The number of anilines is 2. The molecule has 1 aliphatic heterocycles. The summed E-state index contributed by atoms with van der Waals surface area (Å²) in [5.74, 6) is -0.919. The number of amides is 2. The van der Waals surface area contributed by atoms with Crippen LogP contribution in [-0.4, -0.2) is 50.7 Å². The molecule has 2 rings (SSSR count). The van der Waals surface area contributed by atoms with E-state index in [4.69, 9.17) is 10.5 Å². The largest absolute Gasteiger partial charge is 0.676 e. The van der Waals surface area contributed by atoms with Gasteiger partial charge >= 0.3 is 6.18 Å². The molecule has 0 saturated carbocycles. The predicted molar refractivity (Wildman–Crippen MR) is 99.1 cm³/mol. The van der Waals surface area contributed by atoms with Crippen LogP contribution >= 0.6 is 0 Å². The van der Waals surface area contributed by atoms with Crippen LogP contribution in [0.15, 0.2) is 18.2 Å². The van der Waals surface area contributed by atoms with Crippen LogP contribution in [0, 0.1) is 5.92 Å². The average molecular weight is 401 g/mol. The van der Waals surface area contributed by atoms with Gasteiger partial charge in [-0.1, -0.05) is 13.8 Å². The molecule has 10 heteroatoms. The molecular weight excluding hydrogens is 377 g/mol. The zero-order chi connectivity index (χ0) is 20.9. The van der Waals surface area contributed by atoms with Crippen molar-refractivity contribution in [2.75, 3.05) is 43.1 Å². The maximum Gasteiger partial charge on any atom is 0.418 e. The Balaban J connectivity index is 2.25. The van der Waals surface area contributed by atoms with E-state index in [0.29, 0.717) is 6.54 Å². The van der Waals surface area contributed by atoms with E-state index in [1.54, 1.807) is 0 Å². The molecule has 0 spiro atoms. The summed E-state index contributed by atoms with van der Waals surface area (Å²) < 4.78 is 45.6. The molecule has 2 amide bonds. The van der Waals surface area contributed by atoms with Crippen molar-refractivity contribution in [2.45, 2.75) is 26.1 Å². The smallest absolute Gasteiger partial charge is 0.418 e. The SMILES string of the molecule is CC(C)CN[C@H](C[NH-])C(=O)Nc1ccc(N2CCOCC2=O)cc1C(F)(F)F. The number of morpholine rings is 1. The summed E-state index contributed by atoms with van der Waals surface area (Å²) in [4.78, 5) is 25.4. The first-order valence-corrected chi connectivity index (χ1v) is 8.91. The second-order valence-electron chi connectivity index (χ2n) is 6.87. The minimum Gasteiger partial charge on any atom is -0.676 e. The number of nitrogens with one attached hydrogen (secondary N) is 3.